The molecular formula is C12H15IN2O2. The van der Waals surface area contributed by atoms with E-state index < -0.39 is 0 Å². The van der Waals surface area contributed by atoms with Crippen LogP contribution in [0.5, 0.6) is 0 Å². The number of nitrogens with one attached hydrogen (secondary N) is 1. The van der Waals surface area contributed by atoms with E-state index in [1.54, 1.807) is 12.1 Å². The van der Waals surface area contributed by atoms with Crippen molar-refractivity contribution < 1.29 is 4.92 Å². The van der Waals surface area contributed by atoms with Crippen LogP contribution in [-0.2, 0) is 6.42 Å². The van der Waals surface area contributed by atoms with Crippen LogP contribution < -0.4 is 5.32 Å². The van der Waals surface area contributed by atoms with Crippen molar-refractivity contribution in [3.8, 4) is 0 Å². The molecule has 0 saturated heterocycles. The van der Waals surface area contributed by atoms with E-state index in [2.05, 4.69) is 27.9 Å². The highest BCUT2D eigenvalue weighted by Gasteiger charge is 2.30. The molecule has 0 heterocycles. The number of nitrogens with zero attached hydrogens (tertiary/aromatic N) is 1. The van der Waals surface area contributed by atoms with Crippen LogP contribution in [0.2, 0.25) is 0 Å². The molecule has 17 heavy (non-hydrogen) atoms. The molecule has 0 radical (unpaired) electrons. The average molecular weight is 346 g/mol. The molecule has 0 aromatic heterocycles. The lowest BCUT2D eigenvalue weighted by Gasteiger charge is -2.16. The Kier molecular flexibility index (Phi) is 3.98. The Morgan fingerprint density at radius 1 is 1.59 bits per heavy atom. The molecule has 1 aliphatic rings. The van der Waals surface area contributed by atoms with Crippen LogP contribution in [-0.4, -0.2) is 18.0 Å². The van der Waals surface area contributed by atoms with Gasteiger partial charge in [0.1, 0.15) is 0 Å². The number of non-ortho nitro benzene ring substituents is 1. The van der Waals surface area contributed by atoms with Gasteiger partial charge in [0.25, 0.3) is 5.69 Å². The van der Waals surface area contributed by atoms with Gasteiger partial charge in [-0.3, -0.25) is 10.1 Å². The minimum absolute atomic E-state index is 0.172. The summed E-state index contributed by atoms with van der Waals surface area (Å²) in [5.41, 5.74) is 1.37. The largest absolute Gasteiger partial charge is 0.316 e. The summed E-state index contributed by atoms with van der Waals surface area (Å²) in [7, 11) is 1.99. The number of nitro groups is 1. The summed E-state index contributed by atoms with van der Waals surface area (Å²) < 4.78 is 0.984. The van der Waals surface area contributed by atoms with Crippen molar-refractivity contribution in [3.63, 3.8) is 0 Å². The first-order valence-corrected chi connectivity index (χ1v) is 6.79. The Bertz CT molecular complexity index is 433. The van der Waals surface area contributed by atoms with Gasteiger partial charge in [-0.25, -0.2) is 0 Å². The minimum atomic E-state index is -0.345. The van der Waals surface area contributed by atoms with E-state index in [0.29, 0.717) is 6.04 Å². The Morgan fingerprint density at radius 3 is 2.76 bits per heavy atom. The van der Waals surface area contributed by atoms with Crippen molar-refractivity contribution in [3.05, 3.63) is 37.4 Å². The average Bonchev–Trinajstić information content (AvgIpc) is 3.11. The zero-order valence-corrected chi connectivity index (χ0v) is 11.8. The fourth-order valence-corrected chi connectivity index (χ4v) is 2.77. The zero-order valence-electron chi connectivity index (χ0n) is 9.65. The van der Waals surface area contributed by atoms with Crippen molar-refractivity contribution >= 4 is 28.3 Å². The molecule has 0 aliphatic heterocycles. The molecule has 92 valence electrons. The number of halogens is 1. The van der Waals surface area contributed by atoms with Gasteiger partial charge in [0.15, 0.2) is 0 Å². The highest BCUT2D eigenvalue weighted by Crippen LogP contribution is 2.34. The van der Waals surface area contributed by atoms with Crippen molar-refractivity contribution in [2.75, 3.05) is 7.05 Å². The standard InChI is InChI=1S/C12H15IN2O2/c1-14-12(8-2-3-8)6-9-4-5-10(15(16)17)7-11(9)13/h4-5,7-8,12,14H,2-3,6H2,1H3. The molecule has 1 aliphatic carbocycles. The fraction of sp³-hybridized carbons (Fsp3) is 0.500. The quantitative estimate of drug-likeness (QED) is 0.507. The Labute approximate surface area is 114 Å². The Balaban J connectivity index is 2.12. The lowest BCUT2D eigenvalue weighted by Crippen LogP contribution is -2.29. The maximum Gasteiger partial charge on any atom is 0.270 e. The van der Waals surface area contributed by atoms with Gasteiger partial charge in [0.05, 0.1) is 4.92 Å². The Morgan fingerprint density at radius 2 is 2.29 bits per heavy atom. The maximum absolute atomic E-state index is 10.7. The summed E-state index contributed by atoms with van der Waals surface area (Å²) in [6.07, 6.45) is 3.56. The van der Waals surface area contributed by atoms with Crippen molar-refractivity contribution in [2.45, 2.75) is 25.3 Å². The first kappa shape index (κ1) is 12.8. The summed E-state index contributed by atoms with van der Waals surface area (Å²) in [4.78, 5) is 10.3. The minimum Gasteiger partial charge on any atom is -0.316 e. The number of benzene rings is 1. The fourth-order valence-electron chi connectivity index (χ4n) is 2.06. The number of rotatable bonds is 5. The smallest absolute Gasteiger partial charge is 0.270 e. The van der Waals surface area contributed by atoms with Crippen molar-refractivity contribution in [1.82, 2.24) is 5.32 Å². The molecule has 2 rings (SSSR count). The molecule has 1 unspecified atom stereocenters. The van der Waals surface area contributed by atoms with Gasteiger partial charge in [0.2, 0.25) is 0 Å². The summed E-state index contributed by atoms with van der Waals surface area (Å²) in [5, 5.41) is 14.0. The number of likely N-dealkylation sites (N-methyl/N-ethyl adjacent to an activating group) is 1. The number of hydrogen-bond acceptors (Lipinski definition) is 3. The molecule has 1 N–H and O–H groups in total. The maximum atomic E-state index is 10.7. The number of hydrogen-bond donors (Lipinski definition) is 1. The summed E-state index contributed by atoms with van der Waals surface area (Å²) in [6, 6.07) is 5.63. The van der Waals surface area contributed by atoms with Crippen LogP contribution >= 0.6 is 22.6 Å². The second kappa shape index (κ2) is 5.30. The normalized spacial score (nSPS) is 16.8. The first-order chi connectivity index (χ1) is 8.11. The SMILES string of the molecule is CNC(Cc1ccc([N+](=O)[O-])cc1I)C1CC1. The number of nitro benzene ring substituents is 1. The lowest BCUT2D eigenvalue weighted by atomic mass is 10.0. The monoisotopic (exact) mass is 346 g/mol. The van der Waals surface area contributed by atoms with Crippen LogP contribution in [0.4, 0.5) is 5.69 Å². The van der Waals surface area contributed by atoms with Crippen LogP contribution in [0.1, 0.15) is 18.4 Å². The molecule has 1 saturated carbocycles. The molecule has 0 amide bonds. The summed E-state index contributed by atoms with van der Waals surface area (Å²) in [6.45, 7) is 0. The van der Waals surface area contributed by atoms with Gasteiger partial charge in [0, 0.05) is 21.7 Å². The van der Waals surface area contributed by atoms with E-state index >= 15 is 0 Å². The van der Waals surface area contributed by atoms with Gasteiger partial charge in [-0.05, 0) is 60.4 Å². The highest BCUT2D eigenvalue weighted by molar-refractivity contribution is 14.1. The van der Waals surface area contributed by atoms with Crippen LogP contribution in [0.15, 0.2) is 18.2 Å². The molecule has 4 nitrogen and oxygen atoms in total. The summed E-state index contributed by atoms with van der Waals surface area (Å²) in [5.74, 6) is 0.783. The molecular weight excluding hydrogens is 331 g/mol. The Hall–Kier alpha value is -0.690. The predicted molar refractivity (Wildman–Crippen MR) is 75.1 cm³/mol. The third-order valence-corrected chi connectivity index (χ3v) is 4.25. The van der Waals surface area contributed by atoms with E-state index in [9.17, 15) is 10.1 Å². The van der Waals surface area contributed by atoms with Crippen molar-refractivity contribution in [1.29, 1.82) is 0 Å². The van der Waals surface area contributed by atoms with Gasteiger partial charge in [-0.15, -0.1) is 0 Å². The van der Waals surface area contributed by atoms with E-state index in [1.807, 2.05) is 13.1 Å². The van der Waals surface area contributed by atoms with Gasteiger partial charge >= 0.3 is 0 Å². The van der Waals surface area contributed by atoms with Crippen molar-refractivity contribution in [2.24, 2.45) is 5.92 Å². The molecule has 0 bridgehead atoms. The van der Waals surface area contributed by atoms with Crippen LogP contribution in [0, 0.1) is 19.6 Å². The van der Waals surface area contributed by atoms with Gasteiger partial charge in [-0.2, -0.15) is 0 Å². The van der Waals surface area contributed by atoms with Crippen LogP contribution in [0.3, 0.4) is 0 Å². The topological polar surface area (TPSA) is 55.2 Å². The first-order valence-electron chi connectivity index (χ1n) is 5.72. The summed E-state index contributed by atoms with van der Waals surface area (Å²) >= 11 is 2.18. The van der Waals surface area contributed by atoms with Crippen LogP contribution in [0.25, 0.3) is 0 Å². The molecule has 0 spiro atoms. The van der Waals surface area contributed by atoms with E-state index in [-0.39, 0.29) is 10.6 Å². The lowest BCUT2D eigenvalue weighted by molar-refractivity contribution is -0.385. The predicted octanol–water partition coefficient (Wildman–Crippen LogP) is 2.74. The molecule has 1 atom stereocenters. The molecule has 5 heteroatoms. The zero-order chi connectivity index (χ0) is 12.4. The van der Waals surface area contributed by atoms with E-state index in [0.717, 1.165) is 15.9 Å². The highest BCUT2D eigenvalue weighted by atomic mass is 127. The van der Waals surface area contributed by atoms with E-state index in [1.165, 1.54) is 18.4 Å². The van der Waals surface area contributed by atoms with Gasteiger partial charge < -0.3 is 5.32 Å². The van der Waals surface area contributed by atoms with E-state index in [4.69, 9.17) is 0 Å². The second-order valence-electron chi connectivity index (χ2n) is 4.47. The second-order valence-corrected chi connectivity index (χ2v) is 5.63. The third-order valence-electron chi connectivity index (χ3n) is 3.25. The molecule has 1 fully saturated rings. The third kappa shape index (κ3) is 3.16. The molecule has 1 aromatic rings. The molecule has 1 aromatic carbocycles. The van der Waals surface area contributed by atoms with Gasteiger partial charge in [-0.1, -0.05) is 6.07 Å².